The lowest BCUT2D eigenvalue weighted by molar-refractivity contribution is -0.384. The van der Waals surface area contributed by atoms with Gasteiger partial charge in [0.25, 0.3) is 16.8 Å². The number of nitro groups is 1. The molecule has 7 nitrogen and oxygen atoms in total. The Morgan fingerprint density at radius 1 is 0.917 bits per heavy atom. The number of carbonyl (C=O) groups is 2. The fraction of sp³-hybridized carbons (Fsp3) is 0.0714. The average Bonchev–Trinajstić information content (AvgIpc) is 3.15. The Labute approximate surface area is 211 Å². The molecule has 1 aliphatic rings. The maximum Gasteiger partial charge on any atom is 0.293 e. The number of thioether (sulfide) groups is 1. The topological polar surface area (TPSA) is 89.8 Å². The Hall–Kier alpha value is -4.43. The zero-order valence-electron chi connectivity index (χ0n) is 19.0. The van der Waals surface area contributed by atoms with E-state index in [4.69, 9.17) is 4.74 Å². The molecule has 0 bridgehead atoms. The first-order valence-electron chi connectivity index (χ1n) is 11.2. The molecule has 5 rings (SSSR count). The molecule has 4 aromatic carbocycles. The summed E-state index contributed by atoms with van der Waals surface area (Å²) >= 11 is 0.871. The summed E-state index contributed by atoms with van der Waals surface area (Å²) in [6.45, 7) is 0.449. The van der Waals surface area contributed by atoms with E-state index in [2.05, 4.69) is 18.2 Å². The van der Waals surface area contributed by atoms with Crippen molar-refractivity contribution in [3.05, 3.63) is 123 Å². The highest BCUT2D eigenvalue weighted by molar-refractivity contribution is 8.18. The summed E-state index contributed by atoms with van der Waals surface area (Å²) in [5, 5.41) is 12.7. The largest absolute Gasteiger partial charge is 0.489 e. The van der Waals surface area contributed by atoms with E-state index >= 15 is 0 Å². The third-order valence-corrected chi connectivity index (χ3v) is 6.70. The maximum atomic E-state index is 12.9. The van der Waals surface area contributed by atoms with E-state index in [9.17, 15) is 19.7 Å². The maximum absolute atomic E-state index is 12.9. The molecule has 1 fully saturated rings. The lowest BCUT2D eigenvalue weighted by Gasteiger charge is -2.12. The number of nitro benzene ring substituents is 1. The highest BCUT2D eigenvalue weighted by Crippen LogP contribution is 2.34. The van der Waals surface area contributed by atoms with Crippen LogP contribution in [0.4, 0.5) is 10.5 Å². The number of imide groups is 1. The van der Waals surface area contributed by atoms with E-state index in [0.29, 0.717) is 22.8 Å². The van der Waals surface area contributed by atoms with Crippen LogP contribution in [0.15, 0.2) is 95.9 Å². The van der Waals surface area contributed by atoms with Gasteiger partial charge in [-0.3, -0.25) is 24.6 Å². The Kier molecular flexibility index (Phi) is 6.51. The third-order valence-electron chi connectivity index (χ3n) is 5.79. The van der Waals surface area contributed by atoms with Crippen molar-refractivity contribution < 1.29 is 19.2 Å². The van der Waals surface area contributed by atoms with Gasteiger partial charge < -0.3 is 4.74 Å². The molecular formula is C28H20N2O5S. The Morgan fingerprint density at radius 3 is 2.47 bits per heavy atom. The summed E-state index contributed by atoms with van der Waals surface area (Å²) in [6, 6.07) is 27.4. The molecule has 1 saturated heterocycles. The number of fused-ring (bicyclic) bond motifs is 1. The summed E-state index contributed by atoms with van der Waals surface area (Å²) in [4.78, 5) is 37.2. The van der Waals surface area contributed by atoms with Crippen LogP contribution in [-0.2, 0) is 17.9 Å². The second-order valence-electron chi connectivity index (χ2n) is 8.19. The monoisotopic (exact) mass is 496 g/mol. The Balaban J connectivity index is 1.28. The zero-order valence-corrected chi connectivity index (χ0v) is 19.8. The molecule has 178 valence electrons. The van der Waals surface area contributed by atoms with Crippen LogP contribution in [0.2, 0.25) is 0 Å². The van der Waals surface area contributed by atoms with E-state index in [1.165, 1.54) is 12.1 Å². The number of amides is 2. The van der Waals surface area contributed by atoms with Crippen molar-refractivity contribution in [2.24, 2.45) is 0 Å². The first-order valence-corrected chi connectivity index (χ1v) is 12.0. The van der Waals surface area contributed by atoms with E-state index in [0.717, 1.165) is 38.6 Å². The summed E-state index contributed by atoms with van der Waals surface area (Å²) in [5.41, 5.74) is 2.40. The minimum absolute atomic E-state index is 0.0460. The molecule has 1 aliphatic heterocycles. The van der Waals surface area contributed by atoms with Crippen LogP contribution in [0, 0.1) is 10.1 Å². The summed E-state index contributed by atoms with van der Waals surface area (Å²) in [7, 11) is 0. The van der Waals surface area contributed by atoms with Crippen molar-refractivity contribution in [3.63, 3.8) is 0 Å². The van der Waals surface area contributed by atoms with Crippen LogP contribution in [-0.4, -0.2) is 21.0 Å². The van der Waals surface area contributed by atoms with Crippen molar-refractivity contribution in [1.29, 1.82) is 0 Å². The first-order chi connectivity index (χ1) is 17.5. The molecule has 0 aromatic heterocycles. The SMILES string of the molecule is O=C1SC(=Cc2cccc(OCc3cccc4ccccc34)c2)C(=O)N1Cc1ccc([N+](=O)[O-])cc1. The number of non-ortho nitro benzene ring substituents is 1. The van der Waals surface area contributed by atoms with Gasteiger partial charge in [-0.05, 0) is 57.4 Å². The van der Waals surface area contributed by atoms with Crippen LogP contribution >= 0.6 is 11.8 Å². The second-order valence-corrected chi connectivity index (χ2v) is 9.18. The fourth-order valence-corrected chi connectivity index (χ4v) is 4.81. The standard InChI is InChI=1S/C28H20N2O5S/c31-27-26(36-28(32)29(27)17-19-11-13-23(14-12-19)30(33)34)16-20-5-3-9-24(15-20)35-18-22-8-4-7-21-6-1-2-10-25(21)22/h1-16H,17-18H2. The third kappa shape index (κ3) is 4.99. The smallest absolute Gasteiger partial charge is 0.293 e. The van der Waals surface area contributed by atoms with E-state index < -0.39 is 10.8 Å². The van der Waals surface area contributed by atoms with Crippen molar-refractivity contribution >= 4 is 45.4 Å². The van der Waals surface area contributed by atoms with Crippen molar-refractivity contribution in [3.8, 4) is 5.75 Å². The minimum atomic E-state index is -0.494. The minimum Gasteiger partial charge on any atom is -0.489 e. The summed E-state index contributed by atoms with van der Waals surface area (Å²) in [6.07, 6.45) is 1.67. The van der Waals surface area contributed by atoms with Gasteiger partial charge in [0.15, 0.2) is 0 Å². The molecule has 0 N–H and O–H groups in total. The van der Waals surface area contributed by atoms with Crippen LogP contribution in [0.5, 0.6) is 5.75 Å². The van der Waals surface area contributed by atoms with Crippen molar-refractivity contribution in [2.45, 2.75) is 13.2 Å². The molecule has 2 amide bonds. The van der Waals surface area contributed by atoms with E-state index in [-0.39, 0.29) is 17.5 Å². The number of ether oxygens (including phenoxy) is 1. The molecular weight excluding hydrogens is 476 g/mol. The summed E-state index contributed by atoms with van der Waals surface area (Å²) < 4.78 is 6.03. The normalized spacial score (nSPS) is 14.6. The van der Waals surface area contributed by atoms with Gasteiger partial charge in [0, 0.05) is 12.1 Å². The molecule has 0 spiro atoms. The molecule has 0 radical (unpaired) electrons. The van der Waals surface area contributed by atoms with Crippen molar-refractivity contribution in [1.82, 2.24) is 4.90 Å². The Morgan fingerprint density at radius 2 is 1.67 bits per heavy atom. The number of nitrogens with zero attached hydrogens (tertiary/aromatic N) is 2. The average molecular weight is 497 g/mol. The number of benzene rings is 4. The molecule has 4 aromatic rings. The highest BCUT2D eigenvalue weighted by atomic mass is 32.2. The van der Waals surface area contributed by atoms with Gasteiger partial charge in [0.05, 0.1) is 16.4 Å². The molecule has 0 saturated carbocycles. The predicted molar refractivity (Wildman–Crippen MR) is 139 cm³/mol. The van der Waals surface area contributed by atoms with Gasteiger partial charge in [-0.25, -0.2) is 0 Å². The van der Waals surface area contributed by atoms with Crippen LogP contribution in [0.3, 0.4) is 0 Å². The van der Waals surface area contributed by atoms with Gasteiger partial charge in [0.1, 0.15) is 12.4 Å². The number of carbonyl (C=O) groups excluding carboxylic acids is 2. The zero-order chi connectivity index (χ0) is 25.1. The molecule has 1 heterocycles. The predicted octanol–water partition coefficient (Wildman–Crippen LogP) is 6.56. The lowest BCUT2D eigenvalue weighted by atomic mass is 10.1. The number of hydrogen-bond acceptors (Lipinski definition) is 6. The van der Waals surface area contributed by atoms with Gasteiger partial charge in [-0.2, -0.15) is 0 Å². The Bertz CT molecular complexity index is 1510. The quantitative estimate of drug-likeness (QED) is 0.163. The second kappa shape index (κ2) is 10.1. The van der Waals surface area contributed by atoms with Crippen molar-refractivity contribution in [2.75, 3.05) is 0 Å². The fourth-order valence-electron chi connectivity index (χ4n) is 3.97. The van der Waals surface area contributed by atoms with Crippen LogP contribution < -0.4 is 4.74 Å². The lowest BCUT2D eigenvalue weighted by Crippen LogP contribution is -2.27. The van der Waals surface area contributed by atoms with E-state index in [1.54, 1.807) is 18.2 Å². The number of rotatable bonds is 7. The van der Waals surface area contributed by atoms with Gasteiger partial charge in [0.2, 0.25) is 0 Å². The van der Waals surface area contributed by atoms with Gasteiger partial charge in [-0.15, -0.1) is 0 Å². The molecule has 0 atom stereocenters. The van der Waals surface area contributed by atoms with Gasteiger partial charge in [-0.1, -0.05) is 66.7 Å². The molecule has 0 unspecified atom stereocenters. The van der Waals surface area contributed by atoms with Crippen LogP contribution in [0.25, 0.3) is 16.8 Å². The molecule has 36 heavy (non-hydrogen) atoms. The molecule has 8 heteroatoms. The molecule has 0 aliphatic carbocycles. The van der Waals surface area contributed by atoms with Crippen LogP contribution in [0.1, 0.15) is 16.7 Å². The van der Waals surface area contributed by atoms with Gasteiger partial charge >= 0.3 is 0 Å². The summed E-state index contributed by atoms with van der Waals surface area (Å²) in [5.74, 6) is 0.257. The highest BCUT2D eigenvalue weighted by Gasteiger charge is 2.35. The number of hydrogen-bond donors (Lipinski definition) is 0. The van der Waals surface area contributed by atoms with E-state index in [1.807, 2.05) is 48.5 Å². The first kappa shape index (κ1) is 23.3.